The summed E-state index contributed by atoms with van der Waals surface area (Å²) in [6.07, 6.45) is 0.439. The molecule has 0 unspecified atom stereocenters. The molecule has 0 atom stereocenters. The van der Waals surface area contributed by atoms with Crippen molar-refractivity contribution in [2.45, 2.75) is 6.42 Å². The molecule has 0 saturated carbocycles. The third kappa shape index (κ3) is 11.3. The highest BCUT2D eigenvalue weighted by molar-refractivity contribution is 8.53. The zero-order chi connectivity index (χ0) is 8.69. The molecule has 0 rings (SSSR count). The molecule has 0 saturated heterocycles. The maximum Gasteiger partial charge on any atom is 0.327 e. The Morgan fingerprint density at radius 1 is 0.818 bits per heavy atom. The van der Waals surface area contributed by atoms with E-state index in [1.165, 1.54) is 0 Å². The molecule has 0 aliphatic heterocycles. The Morgan fingerprint density at radius 3 is 1.45 bits per heavy atom. The minimum Gasteiger partial charge on any atom is -0.176 e. The number of hydrogen-bond donors (Lipinski definition) is 0. The summed E-state index contributed by atoms with van der Waals surface area (Å²) in [6.45, 7) is 0. The molecule has 0 spiro atoms. The van der Waals surface area contributed by atoms with Gasteiger partial charge in [-0.25, -0.2) is 0 Å². The third-order valence-corrected chi connectivity index (χ3v) is 4.27. The van der Waals surface area contributed by atoms with E-state index in [0.29, 0.717) is 29.2 Å². The van der Waals surface area contributed by atoms with Crippen LogP contribution in [0.5, 0.6) is 0 Å². The monoisotopic (exact) mass is 244 g/mol. The Hall–Kier alpha value is 1.28. The van der Waals surface area contributed by atoms with E-state index in [4.69, 9.17) is 0 Å². The molecule has 0 nitrogen and oxygen atoms in total. The molecule has 0 N–H and O–H groups in total. The van der Waals surface area contributed by atoms with Gasteiger partial charge in [-0.1, -0.05) is 22.8 Å². The summed E-state index contributed by atoms with van der Waals surface area (Å²) in [6, 6.07) is 0. The molecule has 0 aliphatic rings. The Balaban J connectivity index is 2.91. The van der Waals surface area contributed by atoms with Crippen molar-refractivity contribution in [3.8, 4) is 0 Å². The van der Waals surface area contributed by atoms with E-state index in [2.05, 4.69) is 0 Å². The van der Waals surface area contributed by atoms with Gasteiger partial charge in [0.15, 0.2) is 0 Å². The van der Waals surface area contributed by atoms with Crippen LogP contribution in [-0.2, 0) is 0 Å². The molecule has 8 heteroatoms. The van der Waals surface area contributed by atoms with Crippen molar-refractivity contribution in [1.82, 2.24) is 0 Å². The van der Waals surface area contributed by atoms with Crippen molar-refractivity contribution >= 4 is 38.3 Å². The lowest BCUT2D eigenvalue weighted by Crippen LogP contribution is -1.78. The van der Waals surface area contributed by atoms with E-state index in [0.717, 1.165) is 0 Å². The summed E-state index contributed by atoms with van der Waals surface area (Å²) >= 11 is 1.13. The van der Waals surface area contributed by atoms with Crippen LogP contribution in [-0.4, -0.2) is 11.5 Å². The molecule has 0 heterocycles. The standard InChI is InChI=1S/C3H6F4P2S2/c4-8(5)10-2-1-3-11-9(6)7/h1-3H2. The van der Waals surface area contributed by atoms with Gasteiger partial charge in [-0.15, -0.1) is 0 Å². The molecule has 11 heavy (non-hydrogen) atoms. The molecule has 0 aromatic heterocycles. The molecule has 0 aliphatic carbocycles. The van der Waals surface area contributed by atoms with Gasteiger partial charge in [0, 0.05) is 11.5 Å². The van der Waals surface area contributed by atoms with Gasteiger partial charge >= 0.3 is 15.5 Å². The van der Waals surface area contributed by atoms with Crippen molar-refractivity contribution in [2.75, 3.05) is 11.5 Å². The van der Waals surface area contributed by atoms with E-state index in [1.807, 2.05) is 0 Å². The lowest BCUT2D eigenvalue weighted by molar-refractivity contribution is 0.774. The van der Waals surface area contributed by atoms with Gasteiger partial charge in [-0.3, -0.25) is 0 Å². The van der Waals surface area contributed by atoms with Gasteiger partial charge in [0.2, 0.25) is 0 Å². The van der Waals surface area contributed by atoms with Gasteiger partial charge in [0.05, 0.1) is 0 Å². The zero-order valence-corrected chi connectivity index (χ0v) is 8.77. The first-order valence-corrected chi connectivity index (χ1v) is 8.05. The smallest absolute Gasteiger partial charge is 0.176 e. The van der Waals surface area contributed by atoms with Gasteiger partial charge in [-0.2, -0.15) is 16.8 Å². The Kier molecular flexibility index (Phi) is 8.82. The van der Waals surface area contributed by atoms with Crippen LogP contribution in [0.25, 0.3) is 0 Å². The Morgan fingerprint density at radius 2 is 1.18 bits per heavy atom. The van der Waals surface area contributed by atoms with Gasteiger partial charge < -0.3 is 0 Å². The summed E-state index contributed by atoms with van der Waals surface area (Å²) in [7, 11) is -5.81. The first kappa shape index (κ1) is 12.3. The molecule has 0 radical (unpaired) electrons. The Bertz CT molecular complexity index is 83.4. The summed E-state index contributed by atoms with van der Waals surface area (Å²) in [5.74, 6) is 0.573. The molecular formula is C3H6F4P2S2. The second kappa shape index (κ2) is 7.90. The van der Waals surface area contributed by atoms with Crippen LogP contribution in [0.15, 0.2) is 0 Å². The largest absolute Gasteiger partial charge is 0.327 e. The third-order valence-electron chi connectivity index (χ3n) is 0.666. The van der Waals surface area contributed by atoms with E-state index in [1.54, 1.807) is 0 Å². The van der Waals surface area contributed by atoms with Crippen molar-refractivity contribution < 1.29 is 16.8 Å². The fraction of sp³-hybridized carbons (Fsp3) is 1.00. The predicted octanol–water partition coefficient (Wildman–Crippen LogP) is 5.17. The predicted molar refractivity (Wildman–Crippen MR) is 47.8 cm³/mol. The second-order valence-electron chi connectivity index (χ2n) is 1.42. The Labute approximate surface area is 73.4 Å². The zero-order valence-electron chi connectivity index (χ0n) is 5.34. The van der Waals surface area contributed by atoms with Crippen molar-refractivity contribution in [3.63, 3.8) is 0 Å². The average molecular weight is 244 g/mol. The van der Waals surface area contributed by atoms with Gasteiger partial charge in [0.25, 0.3) is 0 Å². The van der Waals surface area contributed by atoms with Crippen LogP contribution in [0.2, 0.25) is 0 Å². The number of hydrogen-bond acceptors (Lipinski definition) is 2. The average Bonchev–Trinajstić information content (AvgIpc) is 1.85. The summed E-state index contributed by atoms with van der Waals surface area (Å²) in [5, 5.41) is 0. The van der Waals surface area contributed by atoms with Gasteiger partial charge in [-0.05, 0) is 6.42 Å². The van der Waals surface area contributed by atoms with Crippen molar-refractivity contribution in [1.29, 1.82) is 0 Å². The van der Waals surface area contributed by atoms with Crippen LogP contribution >= 0.6 is 38.3 Å². The van der Waals surface area contributed by atoms with Crippen LogP contribution in [0.3, 0.4) is 0 Å². The fourth-order valence-corrected chi connectivity index (χ4v) is 2.93. The molecule has 0 amide bonds. The lowest BCUT2D eigenvalue weighted by atomic mass is 10.6. The molecule has 0 aromatic carbocycles. The summed E-state index contributed by atoms with van der Waals surface area (Å²) in [5.41, 5.74) is 0. The maximum absolute atomic E-state index is 11.5. The van der Waals surface area contributed by atoms with E-state index in [-0.39, 0.29) is 11.5 Å². The molecular weight excluding hydrogens is 238 g/mol. The highest BCUT2D eigenvalue weighted by atomic mass is 32.7. The lowest BCUT2D eigenvalue weighted by Gasteiger charge is -1.97. The minimum absolute atomic E-state index is 0.287. The maximum atomic E-state index is 11.5. The van der Waals surface area contributed by atoms with Gasteiger partial charge in [0.1, 0.15) is 0 Å². The summed E-state index contributed by atoms with van der Waals surface area (Å²) in [4.78, 5) is 0. The van der Waals surface area contributed by atoms with Crippen molar-refractivity contribution in [2.24, 2.45) is 0 Å². The second-order valence-corrected chi connectivity index (χ2v) is 6.77. The number of rotatable bonds is 6. The highest BCUT2D eigenvalue weighted by Gasteiger charge is 2.06. The van der Waals surface area contributed by atoms with E-state index < -0.39 is 15.5 Å². The topological polar surface area (TPSA) is 0 Å². The molecule has 0 fully saturated rings. The molecule has 68 valence electrons. The molecule has 0 bridgehead atoms. The normalized spacial score (nSPS) is 11.5. The van der Waals surface area contributed by atoms with E-state index in [9.17, 15) is 16.8 Å². The minimum atomic E-state index is -2.91. The van der Waals surface area contributed by atoms with Crippen molar-refractivity contribution in [3.05, 3.63) is 0 Å². The fourth-order valence-electron chi connectivity index (χ4n) is 0.326. The quantitative estimate of drug-likeness (QED) is 0.359. The van der Waals surface area contributed by atoms with Crippen LogP contribution in [0, 0.1) is 0 Å². The van der Waals surface area contributed by atoms with Crippen LogP contribution in [0.1, 0.15) is 6.42 Å². The first-order valence-electron chi connectivity index (χ1n) is 2.62. The first-order chi connectivity index (χ1) is 5.13. The highest BCUT2D eigenvalue weighted by Crippen LogP contribution is 2.54. The SMILES string of the molecule is FP(F)SCCCSP(F)F. The number of halogens is 4. The summed E-state index contributed by atoms with van der Waals surface area (Å²) < 4.78 is 46.0. The van der Waals surface area contributed by atoms with Crippen LogP contribution in [0.4, 0.5) is 16.8 Å². The molecule has 0 aromatic rings. The van der Waals surface area contributed by atoms with Crippen LogP contribution < -0.4 is 0 Å². The van der Waals surface area contributed by atoms with E-state index >= 15 is 0 Å².